The highest BCUT2D eigenvalue weighted by molar-refractivity contribution is 6.31. The zero-order chi connectivity index (χ0) is 15.4. The number of aromatic nitrogens is 3. The number of hydrogen-bond acceptors (Lipinski definition) is 3. The molecule has 1 aromatic carbocycles. The SMILES string of the molecule is OC(/C(=C/[C]1[CH][CH][CH][CH]1)Cn1cncn1)c1ccccc1Cl. The van der Waals surface area contributed by atoms with Crippen LogP contribution >= 0.6 is 11.6 Å². The Hall–Kier alpha value is -1.65. The molecule has 2 aromatic rings. The summed E-state index contributed by atoms with van der Waals surface area (Å²) in [5.41, 5.74) is 1.48. The number of rotatable bonds is 5. The highest BCUT2D eigenvalue weighted by Gasteiger charge is 2.21. The van der Waals surface area contributed by atoms with Crippen molar-refractivity contribution in [3.05, 3.63) is 90.8 Å². The highest BCUT2D eigenvalue weighted by atomic mass is 35.5. The molecule has 0 saturated heterocycles. The van der Waals surface area contributed by atoms with Crippen LogP contribution in [0.5, 0.6) is 0 Å². The second kappa shape index (κ2) is 7.07. The summed E-state index contributed by atoms with van der Waals surface area (Å²) in [7, 11) is 0. The molecule has 1 N–H and O–H groups in total. The first kappa shape index (κ1) is 15.3. The molecule has 1 fully saturated rings. The van der Waals surface area contributed by atoms with E-state index in [-0.39, 0.29) is 0 Å². The van der Waals surface area contributed by atoms with Gasteiger partial charge in [-0.3, -0.25) is 0 Å². The topological polar surface area (TPSA) is 50.9 Å². The van der Waals surface area contributed by atoms with Crippen LogP contribution in [0.2, 0.25) is 5.02 Å². The summed E-state index contributed by atoms with van der Waals surface area (Å²) in [6.45, 7) is 0.442. The van der Waals surface area contributed by atoms with Crippen LogP contribution in [0.1, 0.15) is 11.7 Å². The van der Waals surface area contributed by atoms with Gasteiger partial charge in [0.15, 0.2) is 0 Å². The Labute approximate surface area is 135 Å². The van der Waals surface area contributed by atoms with E-state index in [0.717, 1.165) is 11.5 Å². The first-order valence-corrected chi connectivity index (χ1v) is 7.29. The van der Waals surface area contributed by atoms with Crippen molar-refractivity contribution in [2.24, 2.45) is 0 Å². The monoisotopic (exact) mass is 312 g/mol. The Morgan fingerprint density at radius 1 is 1.27 bits per heavy atom. The lowest BCUT2D eigenvalue weighted by molar-refractivity contribution is 0.208. The van der Waals surface area contributed by atoms with Gasteiger partial charge < -0.3 is 5.11 Å². The average molecular weight is 313 g/mol. The fourth-order valence-electron chi connectivity index (χ4n) is 2.31. The normalized spacial score (nSPS) is 17.8. The van der Waals surface area contributed by atoms with Crippen LogP contribution < -0.4 is 0 Å². The summed E-state index contributed by atoms with van der Waals surface area (Å²) in [6.07, 6.45) is 12.1. The van der Waals surface area contributed by atoms with Crippen molar-refractivity contribution >= 4 is 11.6 Å². The molecule has 1 saturated carbocycles. The predicted molar refractivity (Wildman–Crippen MR) is 85.0 cm³/mol. The van der Waals surface area contributed by atoms with Gasteiger partial charge in [0.2, 0.25) is 0 Å². The van der Waals surface area contributed by atoms with Crippen molar-refractivity contribution in [3.63, 3.8) is 0 Å². The van der Waals surface area contributed by atoms with Crippen molar-refractivity contribution in [2.45, 2.75) is 12.6 Å². The summed E-state index contributed by atoms with van der Waals surface area (Å²) in [6, 6.07) is 7.31. The van der Waals surface area contributed by atoms with Crippen LogP contribution in [0.4, 0.5) is 0 Å². The summed E-state index contributed by atoms with van der Waals surface area (Å²) in [4.78, 5) is 3.94. The fourth-order valence-corrected chi connectivity index (χ4v) is 2.55. The molecule has 0 bridgehead atoms. The minimum absolute atomic E-state index is 0.442. The summed E-state index contributed by atoms with van der Waals surface area (Å²) >= 11 is 6.20. The average Bonchev–Trinajstić information content (AvgIpc) is 3.20. The minimum atomic E-state index is -0.798. The van der Waals surface area contributed by atoms with E-state index in [2.05, 4.69) is 10.1 Å². The lowest BCUT2D eigenvalue weighted by Gasteiger charge is -2.18. The lowest BCUT2D eigenvalue weighted by atomic mass is 9.96. The Morgan fingerprint density at radius 3 is 2.73 bits per heavy atom. The molecule has 5 radical (unpaired) electrons. The molecule has 1 atom stereocenters. The minimum Gasteiger partial charge on any atom is -0.384 e. The van der Waals surface area contributed by atoms with E-state index in [1.807, 2.05) is 50.0 Å². The van der Waals surface area contributed by atoms with Crippen LogP contribution in [0.3, 0.4) is 0 Å². The first-order valence-electron chi connectivity index (χ1n) is 6.91. The molecule has 0 spiro atoms. The molecule has 1 heterocycles. The van der Waals surface area contributed by atoms with Crippen LogP contribution in [0.25, 0.3) is 0 Å². The maximum absolute atomic E-state index is 10.7. The molecule has 111 valence electrons. The van der Waals surface area contributed by atoms with Crippen LogP contribution in [-0.2, 0) is 6.54 Å². The number of halogens is 1. The molecule has 1 aliphatic carbocycles. The number of aliphatic hydroxyl groups is 1. The first-order chi connectivity index (χ1) is 10.7. The van der Waals surface area contributed by atoms with E-state index in [4.69, 9.17) is 11.6 Å². The van der Waals surface area contributed by atoms with Crippen molar-refractivity contribution < 1.29 is 5.11 Å². The van der Waals surface area contributed by atoms with Gasteiger partial charge in [-0.1, -0.05) is 35.9 Å². The molecule has 5 heteroatoms. The van der Waals surface area contributed by atoms with Gasteiger partial charge in [0.05, 0.1) is 6.54 Å². The number of nitrogens with zero attached hydrogens (tertiary/aromatic N) is 3. The maximum atomic E-state index is 10.7. The largest absolute Gasteiger partial charge is 0.384 e. The molecule has 1 aromatic heterocycles. The Bertz CT molecular complexity index is 633. The molecule has 1 unspecified atom stereocenters. The molecule has 0 amide bonds. The maximum Gasteiger partial charge on any atom is 0.137 e. The Balaban J connectivity index is 1.88. The number of benzene rings is 1. The second-order valence-electron chi connectivity index (χ2n) is 4.95. The molecular weight excluding hydrogens is 298 g/mol. The second-order valence-corrected chi connectivity index (χ2v) is 5.36. The molecule has 0 aliphatic heterocycles. The van der Waals surface area contributed by atoms with Gasteiger partial charge in [0.25, 0.3) is 0 Å². The van der Waals surface area contributed by atoms with Crippen LogP contribution in [-0.4, -0.2) is 19.9 Å². The Morgan fingerprint density at radius 2 is 2.05 bits per heavy atom. The summed E-state index contributed by atoms with van der Waals surface area (Å²) < 4.78 is 1.68. The third kappa shape index (κ3) is 3.57. The standard InChI is InChI=1S/C17H15ClN3O/c18-16-8-4-3-7-15(16)17(22)14(9-13-5-1-2-6-13)10-21-12-19-11-20-21/h1-9,11-12,17,22H,10H2/b14-9+. The van der Waals surface area contributed by atoms with Gasteiger partial charge in [0.1, 0.15) is 18.8 Å². The molecule has 3 rings (SSSR count). The summed E-state index contributed by atoms with van der Waals surface area (Å²) in [5.74, 6) is 1.03. The third-order valence-electron chi connectivity index (χ3n) is 3.40. The van der Waals surface area contributed by atoms with E-state index in [1.165, 1.54) is 6.33 Å². The van der Waals surface area contributed by atoms with Gasteiger partial charge in [0, 0.05) is 16.5 Å². The van der Waals surface area contributed by atoms with Gasteiger partial charge in [-0.2, -0.15) is 5.10 Å². The van der Waals surface area contributed by atoms with Gasteiger partial charge in [-0.25, -0.2) is 9.67 Å². The molecule has 1 aliphatic rings. The Kier molecular flexibility index (Phi) is 4.90. The molecule has 22 heavy (non-hydrogen) atoms. The van der Waals surface area contributed by atoms with Crippen LogP contribution in [0, 0.1) is 31.6 Å². The smallest absolute Gasteiger partial charge is 0.137 e. The predicted octanol–water partition coefficient (Wildman–Crippen LogP) is 3.00. The fraction of sp³-hybridized carbons (Fsp3) is 0.118. The number of allylic oxidation sites excluding steroid dienone is 1. The van der Waals surface area contributed by atoms with Crippen molar-refractivity contribution in [2.75, 3.05) is 0 Å². The van der Waals surface area contributed by atoms with E-state index in [0.29, 0.717) is 17.1 Å². The summed E-state index contributed by atoms with van der Waals surface area (Å²) in [5, 5.41) is 15.4. The van der Waals surface area contributed by atoms with E-state index in [1.54, 1.807) is 17.1 Å². The molecular formula is C17H15ClN3O. The van der Waals surface area contributed by atoms with Crippen molar-refractivity contribution in [1.29, 1.82) is 0 Å². The van der Waals surface area contributed by atoms with E-state index < -0.39 is 6.10 Å². The lowest BCUT2D eigenvalue weighted by Crippen LogP contribution is -2.11. The van der Waals surface area contributed by atoms with Crippen molar-refractivity contribution in [3.8, 4) is 0 Å². The van der Waals surface area contributed by atoms with Gasteiger partial charge in [-0.05, 0) is 37.3 Å². The quantitative estimate of drug-likeness (QED) is 0.923. The number of hydrogen-bond donors (Lipinski definition) is 1. The third-order valence-corrected chi connectivity index (χ3v) is 3.75. The zero-order valence-corrected chi connectivity index (χ0v) is 12.6. The highest BCUT2D eigenvalue weighted by Crippen LogP contribution is 2.32. The van der Waals surface area contributed by atoms with Crippen molar-refractivity contribution in [1.82, 2.24) is 14.8 Å². The van der Waals surface area contributed by atoms with Gasteiger partial charge >= 0.3 is 0 Å². The van der Waals surface area contributed by atoms with Crippen LogP contribution in [0.15, 0.2) is 48.6 Å². The van der Waals surface area contributed by atoms with E-state index in [9.17, 15) is 5.11 Å². The van der Waals surface area contributed by atoms with Gasteiger partial charge in [-0.15, -0.1) is 0 Å². The van der Waals surface area contributed by atoms with E-state index >= 15 is 0 Å². The number of aliphatic hydroxyl groups excluding tert-OH is 1. The zero-order valence-electron chi connectivity index (χ0n) is 11.8. The molecule has 4 nitrogen and oxygen atoms in total.